The van der Waals surface area contributed by atoms with Crippen molar-refractivity contribution >= 4 is 23.9 Å². The van der Waals surface area contributed by atoms with E-state index in [1.165, 1.54) is 0 Å². The van der Waals surface area contributed by atoms with Gasteiger partial charge in [0.1, 0.15) is 17.7 Å². The monoisotopic (exact) mass is 487 g/mol. The van der Waals surface area contributed by atoms with Gasteiger partial charge in [0.15, 0.2) is 0 Å². The molecule has 0 saturated heterocycles. The summed E-state index contributed by atoms with van der Waals surface area (Å²) in [5, 5.41) is 5.23. The molecule has 0 saturated carbocycles. The van der Waals surface area contributed by atoms with Crippen LogP contribution in [0.15, 0.2) is 24.3 Å². The standard InChI is InChI=1S/C26H37N3O6/c1-9-29(24(32)21(17(3)4)28-25(33)35-26(6,7)8)22(19-13-11-12-18(5)16-19)23(31)27-15-14-20(30)34-10-2/h1,11-13,16-17,21-22H,10,14-15H2,2-8H3,(H,27,31)(H,28,33). The van der Waals surface area contributed by atoms with Crippen molar-refractivity contribution < 1.29 is 28.7 Å². The van der Waals surface area contributed by atoms with Crippen molar-refractivity contribution in [3.8, 4) is 12.5 Å². The molecule has 9 heteroatoms. The van der Waals surface area contributed by atoms with Crippen LogP contribution in [-0.4, -0.2) is 53.6 Å². The van der Waals surface area contributed by atoms with E-state index < -0.39 is 41.6 Å². The van der Waals surface area contributed by atoms with E-state index in [9.17, 15) is 19.2 Å². The van der Waals surface area contributed by atoms with E-state index in [1.807, 2.05) is 13.0 Å². The Kier molecular flexibility index (Phi) is 11.3. The van der Waals surface area contributed by atoms with Gasteiger partial charge < -0.3 is 20.1 Å². The fraction of sp³-hybridized carbons (Fsp3) is 0.538. The summed E-state index contributed by atoms with van der Waals surface area (Å²) in [5.41, 5.74) is 0.594. The van der Waals surface area contributed by atoms with Gasteiger partial charge in [0, 0.05) is 12.6 Å². The molecular formula is C26H37N3O6. The number of nitrogens with zero attached hydrogens (tertiary/aromatic N) is 1. The van der Waals surface area contributed by atoms with E-state index in [0.29, 0.717) is 5.56 Å². The van der Waals surface area contributed by atoms with Gasteiger partial charge in [-0.2, -0.15) is 0 Å². The van der Waals surface area contributed by atoms with Crippen molar-refractivity contribution in [1.82, 2.24) is 15.5 Å². The van der Waals surface area contributed by atoms with Crippen molar-refractivity contribution in [2.24, 2.45) is 5.92 Å². The van der Waals surface area contributed by atoms with Crippen LogP contribution in [0.25, 0.3) is 0 Å². The largest absolute Gasteiger partial charge is 0.466 e. The van der Waals surface area contributed by atoms with Crippen molar-refractivity contribution in [2.45, 2.75) is 72.6 Å². The second-order valence-electron chi connectivity index (χ2n) is 9.37. The summed E-state index contributed by atoms with van der Waals surface area (Å²) in [6.07, 6.45) is 4.93. The normalized spacial score (nSPS) is 12.7. The van der Waals surface area contributed by atoms with E-state index >= 15 is 0 Å². The van der Waals surface area contributed by atoms with Gasteiger partial charge in [-0.15, -0.1) is 0 Å². The molecule has 2 atom stereocenters. The topological polar surface area (TPSA) is 114 Å². The number of amides is 3. The molecule has 0 radical (unpaired) electrons. The predicted octanol–water partition coefficient (Wildman–Crippen LogP) is 3.07. The average Bonchev–Trinajstić information content (AvgIpc) is 2.73. The number of hydrogen-bond donors (Lipinski definition) is 2. The van der Waals surface area contributed by atoms with Gasteiger partial charge in [-0.25, -0.2) is 4.79 Å². The quantitative estimate of drug-likeness (QED) is 0.298. The Bertz CT molecular complexity index is 945. The SMILES string of the molecule is C#CN(C(=O)C(NC(=O)OC(C)(C)C)C(C)C)C(C(=O)NCCC(=O)OCC)c1cccc(C)c1. The smallest absolute Gasteiger partial charge is 0.408 e. The van der Waals surface area contributed by atoms with Crippen LogP contribution in [0.2, 0.25) is 0 Å². The van der Waals surface area contributed by atoms with Gasteiger partial charge >= 0.3 is 12.1 Å². The third-order valence-corrected chi connectivity index (χ3v) is 4.78. The molecule has 35 heavy (non-hydrogen) atoms. The second-order valence-corrected chi connectivity index (χ2v) is 9.37. The fourth-order valence-electron chi connectivity index (χ4n) is 3.24. The van der Waals surface area contributed by atoms with Crippen LogP contribution in [0.5, 0.6) is 0 Å². The van der Waals surface area contributed by atoms with Gasteiger partial charge in [-0.1, -0.05) is 50.1 Å². The average molecular weight is 488 g/mol. The summed E-state index contributed by atoms with van der Waals surface area (Å²) in [6, 6.07) is 7.13. The van der Waals surface area contributed by atoms with Crippen molar-refractivity contribution in [3.05, 3.63) is 35.4 Å². The number of alkyl carbamates (subject to hydrolysis) is 1. The van der Waals surface area contributed by atoms with E-state index in [-0.39, 0.29) is 25.5 Å². The van der Waals surface area contributed by atoms with Gasteiger partial charge in [0.05, 0.1) is 13.0 Å². The van der Waals surface area contributed by atoms with Crippen LogP contribution in [0.1, 0.15) is 65.1 Å². The highest BCUT2D eigenvalue weighted by atomic mass is 16.6. The first-order valence-electron chi connectivity index (χ1n) is 11.6. The lowest BCUT2D eigenvalue weighted by Crippen LogP contribution is -2.53. The lowest BCUT2D eigenvalue weighted by molar-refractivity contribution is -0.143. The van der Waals surface area contributed by atoms with Crippen molar-refractivity contribution in [3.63, 3.8) is 0 Å². The summed E-state index contributed by atoms with van der Waals surface area (Å²) in [4.78, 5) is 51.8. The molecule has 0 aromatic heterocycles. The first kappa shape index (κ1) is 29.5. The molecule has 1 aromatic rings. The summed E-state index contributed by atoms with van der Waals surface area (Å²) in [7, 11) is 0. The summed E-state index contributed by atoms with van der Waals surface area (Å²) < 4.78 is 10.2. The molecular weight excluding hydrogens is 450 g/mol. The Morgan fingerprint density at radius 1 is 1.17 bits per heavy atom. The third-order valence-electron chi connectivity index (χ3n) is 4.78. The molecule has 9 nitrogen and oxygen atoms in total. The number of carbonyl (C=O) groups excluding carboxylic acids is 4. The first-order chi connectivity index (χ1) is 16.3. The zero-order valence-electron chi connectivity index (χ0n) is 21.6. The highest BCUT2D eigenvalue weighted by molar-refractivity contribution is 5.93. The molecule has 0 heterocycles. The summed E-state index contributed by atoms with van der Waals surface area (Å²) in [6.45, 7) is 12.4. The lowest BCUT2D eigenvalue weighted by atomic mass is 9.98. The molecule has 0 aliphatic carbocycles. The number of rotatable bonds is 10. The number of terminal acetylenes is 1. The Morgan fingerprint density at radius 2 is 1.83 bits per heavy atom. The Labute approximate surface area is 207 Å². The number of nitrogens with one attached hydrogen (secondary N) is 2. The molecule has 0 aliphatic heterocycles. The number of carbonyl (C=O) groups is 4. The maximum absolute atomic E-state index is 13.5. The molecule has 0 fully saturated rings. The van der Waals surface area contributed by atoms with E-state index in [1.54, 1.807) is 59.7 Å². The second kappa shape index (κ2) is 13.4. The highest BCUT2D eigenvalue weighted by Gasteiger charge is 2.37. The minimum Gasteiger partial charge on any atom is -0.466 e. The molecule has 1 rings (SSSR count). The number of benzene rings is 1. The number of aryl methyl sites for hydroxylation is 1. The number of hydrogen-bond acceptors (Lipinski definition) is 6. The first-order valence-corrected chi connectivity index (χ1v) is 11.6. The number of esters is 1. The van der Waals surface area contributed by atoms with E-state index in [2.05, 4.69) is 16.7 Å². The Balaban J connectivity index is 3.25. The zero-order chi connectivity index (χ0) is 26.8. The van der Waals surface area contributed by atoms with Gasteiger partial charge in [0.25, 0.3) is 5.91 Å². The van der Waals surface area contributed by atoms with Crippen LogP contribution in [0, 0.1) is 25.3 Å². The maximum atomic E-state index is 13.5. The predicted molar refractivity (Wildman–Crippen MR) is 132 cm³/mol. The molecule has 3 amide bonds. The highest BCUT2D eigenvalue weighted by Crippen LogP contribution is 2.24. The molecule has 2 unspecified atom stereocenters. The van der Waals surface area contributed by atoms with Crippen LogP contribution >= 0.6 is 0 Å². The Hall–Kier alpha value is -3.54. The van der Waals surface area contributed by atoms with Crippen LogP contribution in [0.4, 0.5) is 4.79 Å². The van der Waals surface area contributed by atoms with Crippen LogP contribution < -0.4 is 10.6 Å². The number of ether oxygens (including phenoxy) is 2. The fourth-order valence-corrected chi connectivity index (χ4v) is 3.24. The van der Waals surface area contributed by atoms with Gasteiger partial charge in [-0.3, -0.25) is 19.3 Å². The van der Waals surface area contributed by atoms with Gasteiger partial charge in [-0.05, 0) is 46.1 Å². The minimum atomic E-state index is -1.18. The maximum Gasteiger partial charge on any atom is 0.408 e. The van der Waals surface area contributed by atoms with Crippen LogP contribution in [0.3, 0.4) is 0 Å². The molecule has 0 aliphatic rings. The van der Waals surface area contributed by atoms with E-state index in [4.69, 9.17) is 15.9 Å². The summed E-state index contributed by atoms with van der Waals surface area (Å²) >= 11 is 0. The van der Waals surface area contributed by atoms with Crippen molar-refractivity contribution in [1.29, 1.82) is 0 Å². The molecule has 2 N–H and O–H groups in total. The Morgan fingerprint density at radius 3 is 2.34 bits per heavy atom. The molecule has 192 valence electrons. The summed E-state index contributed by atoms with van der Waals surface area (Å²) in [5.74, 6) is -2.01. The lowest BCUT2D eigenvalue weighted by Gasteiger charge is -2.32. The third kappa shape index (κ3) is 9.69. The van der Waals surface area contributed by atoms with Crippen molar-refractivity contribution in [2.75, 3.05) is 13.2 Å². The molecule has 0 spiro atoms. The minimum absolute atomic E-state index is 0.0103. The molecule has 0 bridgehead atoms. The zero-order valence-corrected chi connectivity index (χ0v) is 21.6. The van der Waals surface area contributed by atoms with E-state index in [0.717, 1.165) is 10.5 Å². The molecule has 1 aromatic carbocycles. The van der Waals surface area contributed by atoms with Gasteiger partial charge in [0.2, 0.25) is 5.91 Å². The van der Waals surface area contributed by atoms with Crippen LogP contribution in [-0.2, 0) is 23.9 Å².